The van der Waals surface area contributed by atoms with Gasteiger partial charge in [-0.2, -0.15) is 0 Å². The van der Waals surface area contributed by atoms with E-state index in [1.54, 1.807) is 0 Å². The van der Waals surface area contributed by atoms with E-state index in [0.717, 1.165) is 19.3 Å². The quantitative estimate of drug-likeness (QED) is 0.386. The zero-order valence-electron chi connectivity index (χ0n) is 15.4. The molecule has 0 saturated carbocycles. The summed E-state index contributed by atoms with van der Waals surface area (Å²) < 4.78 is 0. The highest BCUT2D eigenvalue weighted by molar-refractivity contribution is 5.43. The van der Waals surface area contributed by atoms with E-state index in [-0.39, 0.29) is 0 Å². The second-order valence-electron chi connectivity index (χ2n) is 6.97. The van der Waals surface area contributed by atoms with Gasteiger partial charge in [0, 0.05) is 0 Å². The molecule has 0 heteroatoms. The molecule has 0 amide bonds. The average Bonchev–Trinajstić information content (AvgIpc) is 2.73. The third-order valence-electron chi connectivity index (χ3n) is 4.99. The van der Waals surface area contributed by atoms with Crippen LogP contribution in [0, 0.1) is 6.07 Å². The largest absolute Gasteiger partial charge is 0.0622 e. The fourth-order valence-corrected chi connectivity index (χ4v) is 3.60. The Morgan fingerprint density at radius 1 is 0.444 bits per heavy atom. The summed E-state index contributed by atoms with van der Waals surface area (Å²) in [7, 11) is 0. The zero-order valence-corrected chi connectivity index (χ0v) is 15.4. The maximum absolute atomic E-state index is 3.40. The molecule has 27 heavy (non-hydrogen) atoms. The molecular weight excluding hydrogens is 324 g/mol. The SMILES string of the molecule is [c]1cc(Cc2ccccc2)c(Cc2ccccc2)c(Cc2ccccc2)c1. The summed E-state index contributed by atoms with van der Waals surface area (Å²) >= 11 is 0. The fourth-order valence-electron chi connectivity index (χ4n) is 3.60. The van der Waals surface area contributed by atoms with Crippen LogP contribution in [-0.4, -0.2) is 0 Å². The molecule has 4 aromatic rings. The van der Waals surface area contributed by atoms with Crippen LogP contribution in [0.25, 0.3) is 0 Å². The minimum atomic E-state index is 0.947. The van der Waals surface area contributed by atoms with Gasteiger partial charge in [-0.15, -0.1) is 0 Å². The molecule has 0 aromatic heterocycles. The van der Waals surface area contributed by atoms with Crippen LogP contribution in [-0.2, 0) is 19.3 Å². The van der Waals surface area contributed by atoms with E-state index in [1.165, 1.54) is 33.4 Å². The Kier molecular flexibility index (Phi) is 5.45. The molecule has 0 bridgehead atoms. The van der Waals surface area contributed by atoms with Gasteiger partial charge in [0.05, 0.1) is 0 Å². The molecule has 0 heterocycles. The van der Waals surface area contributed by atoms with Crippen molar-refractivity contribution in [3.63, 3.8) is 0 Å². The van der Waals surface area contributed by atoms with Crippen molar-refractivity contribution >= 4 is 0 Å². The first-order chi connectivity index (χ1) is 13.4. The second-order valence-corrected chi connectivity index (χ2v) is 6.97. The third-order valence-corrected chi connectivity index (χ3v) is 4.99. The van der Waals surface area contributed by atoms with E-state index in [1.807, 2.05) is 0 Å². The van der Waals surface area contributed by atoms with Crippen molar-refractivity contribution < 1.29 is 0 Å². The van der Waals surface area contributed by atoms with Crippen LogP contribution in [0.2, 0.25) is 0 Å². The molecule has 0 saturated heterocycles. The summed E-state index contributed by atoms with van der Waals surface area (Å²) in [5.41, 5.74) is 8.23. The Hall–Kier alpha value is -3.12. The molecule has 0 nitrogen and oxygen atoms in total. The summed E-state index contributed by atoms with van der Waals surface area (Å²) in [6.45, 7) is 0. The first-order valence-corrected chi connectivity index (χ1v) is 9.51. The van der Waals surface area contributed by atoms with Crippen molar-refractivity contribution in [2.45, 2.75) is 19.3 Å². The molecular formula is C27H23. The molecule has 0 aliphatic rings. The Balaban J connectivity index is 1.72. The number of benzene rings is 4. The molecule has 0 atom stereocenters. The van der Waals surface area contributed by atoms with Crippen LogP contribution in [0.1, 0.15) is 33.4 Å². The van der Waals surface area contributed by atoms with Gasteiger partial charge in [-0.1, -0.05) is 103 Å². The van der Waals surface area contributed by atoms with Crippen molar-refractivity contribution in [1.82, 2.24) is 0 Å². The minimum Gasteiger partial charge on any atom is -0.0622 e. The Morgan fingerprint density at radius 2 is 0.815 bits per heavy atom. The summed E-state index contributed by atoms with van der Waals surface area (Å²) in [6, 6.07) is 39.9. The topological polar surface area (TPSA) is 0 Å². The highest BCUT2D eigenvalue weighted by Crippen LogP contribution is 2.24. The molecule has 4 rings (SSSR count). The summed E-state index contributed by atoms with van der Waals surface area (Å²) in [5, 5.41) is 0. The zero-order chi connectivity index (χ0) is 18.3. The standard InChI is InChI=1S/C27H23/c1-4-11-22(12-5-1)19-25-17-10-18-26(20-23-13-6-2-7-14-23)27(25)21-24-15-8-3-9-16-24/h1-9,11-18H,19-21H2. The minimum absolute atomic E-state index is 0.947. The van der Waals surface area contributed by atoms with Crippen LogP contribution < -0.4 is 0 Å². The summed E-state index contributed by atoms with van der Waals surface area (Å²) in [4.78, 5) is 0. The van der Waals surface area contributed by atoms with Crippen LogP contribution in [0.4, 0.5) is 0 Å². The summed E-state index contributed by atoms with van der Waals surface area (Å²) in [5.74, 6) is 0. The van der Waals surface area contributed by atoms with Gasteiger partial charge >= 0.3 is 0 Å². The van der Waals surface area contributed by atoms with Gasteiger partial charge in [0.15, 0.2) is 0 Å². The van der Waals surface area contributed by atoms with E-state index in [0.29, 0.717) is 0 Å². The van der Waals surface area contributed by atoms with Gasteiger partial charge < -0.3 is 0 Å². The lowest BCUT2D eigenvalue weighted by atomic mass is 9.89. The first-order valence-electron chi connectivity index (χ1n) is 9.51. The van der Waals surface area contributed by atoms with E-state index in [2.05, 4.69) is 109 Å². The normalized spacial score (nSPS) is 10.7. The molecule has 0 unspecified atom stereocenters. The monoisotopic (exact) mass is 347 g/mol. The van der Waals surface area contributed by atoms with Gasteiger partial charge in [-0.25, -0.2) is 0 Å². The lowest BCUT2D eigenvalue weighted by Gasteiger charge is -2.16. The predicted molar refractivity (Wildman–Crippen MR) is 113 cm³/mol. The van der Waals surface area contributed by atoms with Gasteiger partial charge in [-0.05, 0) is 58.7 Å². The Bertz CT molecular complexity index is 910. The van der Waals surface area contributed by atoms with Crippen LogP contribution >= 0.6 is 0 Å². The molecule has 0 aliphatic heterocycles. The first kappa shape index (κ1) is 17.3. The molecule has 4 aromatic carbocycles. The lowest BCUT2D eigenvalue weighted by Crippen LogP contribution is -2.03. The molecule has 0 spiro atoms. The van der Waals surface area contributed by atoms with Crippen molar-refractivity contribution in [3.05, 3.63) is 143 Å². The van der Waals surface area contributed by atoms with Crippen molar-refractivity contribution in [2.24, 2.45) is 0 Å². The van der Waals surface area contributed by atoms with E-state index >= 15 is 0 Å². The van der Waals surface area contributed by atoms with Gasteiger partial charge in [-0.3, -0.25) is 0 Å². The number of hydrogen-bond acceptors (Lipinski definition) is 0. The molecule has 0 N–H and O–H groups in total. The molecule has 0 aliphatic carbocycles. The van der Waals surface area contributed by atoms with E-state index in [9.17, 15) is 0 Å². The van der Waals surface area contributed by atoms with Gasteiger partial charge in [0.1, 0.15) is 0 Å². The summed E-state index contributed by atoms with van der Waals surface area (Å²) in [6.07, 6.45) is 2.85. The maximum atomic E-state index is 3.40. The third kappa shape index (κ3) is 4.54. The Labute approximate surface area is 162 Å². The fraction of sp³-hybridized carbons (Fsp3) is 0.111. The maximum Gasteiger partial charge on any atom is -0.00201 e. The smallest absolute Gasteiger partial charge is 0.00201 e. The van der Waals surface area contributed by atoms with Crippen molar-refractivity contribution in [1.29, 1.82) is 0 Å². The van der Waals surface area contributed by atoms with Crippen molar-refractivity contribution in [2.75, 3.05) is 0 Å². The second kappa shape index (κ2) is 8.51. The predicted octanol–water partition coefficient (Wildman–Crippen LogP) is 6.26. The van der Waals surface area contributed by atoms with Crippen LogP contribution in [0.5, 0.6) is 0 Å². The molecule has 131 valence electrons. The van der Waals surface area contributed by atoms with E-state index in [4.69, 9.17) is 0 Å². The van der Waals surface area contributed by atoms with Crippen molar-refractivity contribution in [3.8, 4) is 0 Å². The van der Waals surface area contributed by atoms with Crippen LogP contribution in [0.15, 0.2) is 103 Å². The molecule has 1 radical (unpaired) electrons. The molecule has 0 fully saturated rings. The average molecular weight is 347 g/mol. The highest BCUT2D eigenvalue weighted by atomic mass is 14.2. The lowest BCUT2D eigenvalue weighted by molar-refractivity contribution is 1.03. The highest BCUT2D eigenvalue weighted by Gasteiger charge is 2.11. The van der Waals surface area contributed by atoms with E-state index < -0.39 is 0 Å². The number of rotatable bonds is 6. The van der Waals surface area contributed by atoms with Gasteiger partial charge in [0.2, 0.25) is 0 Å². The Morgan fingerprint density at radius 3 is 1.22 bits per heavy atom. The van der Waals surface area contributed by atoms with Gasteiger partial charge in [0.25, 0.3) is 0 Å². The van der Waals surface area contributed by atoms with Crippen LogP contribution in [0.3, 0.4) is 0 Å². The number of hydrogen-bond donors (Lipinski definition) is 0.